The summed E-state index contributed by atoms with van der Waals surface area (Å²) in [6.07, 6.45) is 2.27. The smallest absolute Gasteiger partial charge is 0.0638 e. The third-order valence-electron chi connectivity index (χ3n) is 2.53. The molecule has 0 aliphatic heterocycles. The van der Waals surface area contributed by atoms with E-state index in [0.29, 0.717) is 0 Å². The average Bonchev–Trinajstić information content (AvgIpc) is 2.54. The van der Waals surface area contributed by atoms with E-state index >= 15 is 0 Å². The molecule has 0 aliphatic carbocycles. The summed E-state index contributed by atoms with van der Waals surface area (Å²) in [5, 5.41) is 10.6. The number of aryl methyl sites for hydroxylation is 2. The summed E-state index contributed by atoms with van der Waals surface area (Å²) in [6, 6.07) is 0. The van der Waals surface area contributed by atoms with E-state index in [1.54, 1.807) is 7.11 Å². The first kappa shape index (κ1) is 12.2. The van der Waals surface area contributed by atoms with Gasteiger partial charge in [-0.2, -0.15) is 5.10 Å². The van der Waals surface area contributed by atoms with E-state index in [4.69, 9.17) is 4.74 Å². The molecule has 0 bridgehead atoms. The third-order valence-corrected chi connectivity index (χ3v) is 2.53. The molecule has 86 valence electrons. The molecule has 0 spiro atoms. The van der Waals surface area contributed by atoms with Gasteiger partial charge in [0.1, 0.15) is 0 Å². The molecule has 0 fully saturated rings. The molecule has 0 aromatic carbocycles. The molecule has 1 rings (SSSR count). The van der Waals surface area contributed by atoms with Gasteiger partial charge in [0, 0.05) is 31.5 Å². The number of H-pyrrole nitrogens is 1. The largest absolute Gasteiger partial charge is 0.385 e. The number of nitrogens with zero attached hydrogens (tertiary/aromatic N) is 1. The van der Waals surface area contributed by atoms with Gasteiger partial charge in [0.2, 0.25) is 0 Å². The molecular formula is C11H21N3O. The Morgan fingerprint density at radius 3 is 2.73 bits per heavy atom. The van der Waals surface area contributed by atoms with Crippen molar-refractivity contribution in [3.05, 3.63) is 17.0 Å². The van der Waals surface area contributed by atoms with Crippen LogP contribution in [0.5, 0.6) is 0 Å². The minimum absolute atomic E-state index is 0.853. The fourth-order valence-electron chi connectivity index (χ4n) is 1.54. The zero-order valence-corrected chi connectivity index (χ0v) is 9.89. The Kier molecular flexibility index (Phi) is 5.36. The van der Waals surface area contributed by atoms with Gasteiger partial charge in [0.15, 0.2) is 0 Å². The van der Waals surface area contributed by atoms with Gasteiger partial charge in [-0.25, -0.2) is 0 Å². The average molecular weight is 211 g/mol. The van der Waals surface area contributed by atoms with Gasteiger partial charge >= 0.3 is 0 Å². The lowest BCUT2D eigenvalue weighted by Gasteiger charge is -2.04. The van der Waals surface area contributed by atoms with Crippen molar-refractivity contribution in [2.45, 2.75) is 33.2 Å². The predicted molar refractivity (Wildman–Crippen MR) is 60.9 cm³/mol. The molecule has 1 heterocycles. The van der Waals surface area contributed by atoms with Crippen LogP contribution in [0.25, 0.3) is 0 Å². The molecule has 4 nitrogen and oxygen atoms in total. The lowest BCUT2D eigenvalue weighted by Crippen LogP contribution is -2.16. The van der Waals surface area contributed by atoms with Crippen molar-refractivity contribution >= 4 is 0 Å². The molecule has 4 heteroatoms. The van der Waals surface area contributed by atoms with Crippen LogP contribution in [0.2, 0.25) is 0 Å². The Bertz CT molecular complexity index is 264. The van der Waals surface area contributed by atoms with Gasteiger partial charge in [0.05, 0.1) is 5.69 Å². The summed E-state index contributed by atoms with van der Waals surface area (Å²) in [4.78, 5) is 0. The van der Waals surface area contributed by atoms with Crippen LogP contribution < -0.4 is 5.32 Å². The highest BCUT2D eigenvalue weighted by molar-refractivity contribution is 5.22. The number of nitrogens with one attached hydrogen (secondary N) is 2. The summed E-state index contributed by atoms with van der Waals surface area (Å²) in [6.45, 7) is 6.88. The van der Waals surface area contributed by atoms with Gasteiger partial charge < -0.3 is 10.1 Å². The zero-order chi connectivity index (χ0) is 11.1. The summed E-state index contributed by atoms with van der Waals surface area (Å²) in [5.41, 5.74) is 3.55. The predicted octanol–water partition coefficient (Wildman–Crippen LogP) is 1.54. The second-order valence-electron chi connectivity index (χ2n) is 3.79. The first-order valence-electron chi connectivity index (χ1n) is 5.45. The van der Waals surface area contributed by atoms with Crippen LogP contribution in [0.15, 0.2) is 0 Å². The summed E-state index contributed by atoms with van der Waals surface area (Å²) >= 11 is 0. The first-order valence-corrected chi connectivity index (χ1v) is 5.45. The molecule has 1 aromatic rings. The number of methoxy groups -OCH3 is 1. The highest BCUT2D eigenvalue weighted by Gasteiger charge is 2.04. The van der Waals surface area contributed by atoms with Crippen LogP contribution in [-0.4, -0.2) is 30.5 Å². The summed E-state index contributed by atoms with van der Waals surface area (Å²) in [7, 11) is 1.74. The summed E-state index contributed by atoms with van der Waals surface area (Å²) < 4.78 is 4.99. The van der Waals surface area contributed by atoms with Crippen molar-refractivity contribution in [2.75, 3.05) is 20.3 Å². The van der Waals surface area contributed by atoms with Crippen molar-refractivity contribution in [3.8, 4) is 0 Å². The summed E-state index contributed by atoms with van der Waals surface area (Å²) in [5.74, 6) is 0. The third kappa shape index (κ3) is 4.01. The number of ether oxygens (including phenoxy) is 1. The SMILES string of the molecule is COCCCCNCc1c(C)n[nH]c1C. The minimum atomic E-state index is 0.853. The number of aromatic nitrogens is 2. The zero-order valence-electron chi connectivity index (χ0n) is 9.89. The standard InChI is InChI=1S/C11H21N3O/c1-9-11(10(2)14-13-9)8-12-6-4-5-7-15-3/h12H,4-8H2,1-3H3,(H,13,14). The number of hydrogen-bond donors (Lipinski definition) is 2. The Morgan fingerprint density at radius 2 is 2.13 bits per heavy atom. The number of aromatic amines is 1. The van der Waals surface area contributed by atoms with Gasteiger partial charge in [-0.1, -0.05) is 0 Å². The van der Waals surface area contributed by atoms with E-state index in [0.717, 1.165) is 43.9 Å². The van der Waals surface area contributed by atoms with Crippen LogP contribution >= 0.6 is 0 Å². The Hall–Kier alpha value is -0.870. The van der Waals surface area contributed by atoms with Crippen LogP contribution in [0.4, 0.5) is 0 Å². The highest BCUT2D eigenvalue weighted by Crippen LogP contribution is 2.08. The Balaban J connectivity index is 2.15. The fourth-order valence-corrected chi connectivity index (χ4v) is 1.54. The molecular weight excluding hydrogens is 190 g/mol. The number of unbranched alkanes of at least 4 members (excludes halogenated alkanes) is 1. The van der Waals surface area contributed by atoms with Crippen LogP contribution in [0.3, 0.4) is 0 Å². The van der Waals surface area contributed by atoms with E-state index in [-0.39, 0.29) is 0 Å². The van der Waals surface area contributed by atoms with E-state index in [1.807, 2.05) is 6.92 Å². The molecule has 0 saturated heterocycles. The molecule has 15 heavy (non-hydrogen) atoms. The highest BCUT2D eigenvalue weighted by atomic mass is 16.5. The van der Waals surface area contributed by atoms with E-state index in [9.17, 15) is 0 Å². The van der Waals surface area contributed by atoms with Crippen LogP contribution in [0, 0.1) is 13.8 Å². The Labute approximate surface area is 91.4 Å². The lowest BCUT2D eigenvalue weighted by molar-refractivity contribution is 0.192. The van der Waals surface area contributed by atoms with Gasteiger partial charge in [-0.3, -0.25) is 5.10 Å². The van der Waals surface area contributed by atoms with Crippen molar-refractivity contribution < 1.29 is 4.74 Å². The van der Waals surface area contributed by atoms with E-state index in [2.05, 4.69) is 22.4 Å². The molecule has 0 saturated carbocycles. The molecule has 0 unspecified atom stereocenters. The Morgan fingerprint density at radius 1 is 1.33 bits per heavy atom. The maximum Gasteiger partial charge on any atom is 0.0638 e. The molecule has 2 N–H and O–H groups in total. The number of hydrogen-bond acceptors (Lipinski definition) is 3. The van der Waals surface area contributed by atoms with Crippen LogP contribution in [-0.2, 0) is 11.3 Å². The maximum atomic E-state index is 4.99. The van der Waals surface area contributed by atoms with E-state index < -0.39 is 0 Å². The van der Waals surface area contributed by atoms with E-state index in [1.165, 1.54) is 5.56 Å². The second kappa shape index (κ2) is 6.58. The van der Waals surface area contributed by atoms with Gasteiger partial charge in [-0.15, -0.1) is 0 Å². The van der Waals surface area contributed by atoms with Crippen molar-refractivity contribution in [1.29, 1.82) is 0 Å². The second-order valence-corrected chi connectivity index (χ2v) is 3.79. The lowest BCUT2D eigenvalue weighted by atomic mass is 10.2. The number of rotatable bonds is 7. The van der Waals surface area contributed by atoms with Crippen molar-refractivity contribution in [2.24, 2.45) is 0 Å². The van der Waals surface area contributed by atoms with Crippen LogP contribution in [0.1, 0.15) is 29.8 Å². The van der Waals surface area contributed by atoms with Gasteiger partial charge in [0.25, 0.3) is 0 Å². The quantitative estimate of drug-likeness (QED) is 0.673. The molecule has 0 amide bonds. The molecule has 1 aromatic heterocycles. The molecule has 0 radical (unpaired) electrons. The molecule has 0 aliphatic rings. The van der Waals surface area contributed by atoms with Crippen molar-refractivity contribution in [3.63, 3.8) is 0 Å². The topological polar surface area (TPSA) is 49.9 Å². The van der Waals surface area contributed by atoms with Gasteiger partial charge in [-0.05, 0) is 33.2 Å². The maximum absolute atomic E-state index is 4.99. The van der Waals surface area contributed by atoms with Crippen molar-refractivity contribution in [1.82, 2.24) is 15.5 Å². The fraction of sp³-hybridized carbons (Fsp3) is 0.727. The normalized spacial score (nSPS) is 10.9. The minimum Gasteiger partial charge on any atom is -0.385 e. The first-order chi connectivity index (χ1) is 7.25. The monoisotopic (exact) mass is 211 g/mol. The molecule has 0 atom stereocenters.